The molecule has 0 saturated heterocycles. The van der Waals surface area contributed by atoms with E-state index < -0.39 is 0 Å². The van der Waals surface area contributed by atoms with Crippen LogP contribution in [0.2, 0.25) is 0 Å². The lowest BCUT2D eigenvalue weighted by molar-refractivity contribution is 0.446. The summed E-state index contributed by atoms with van der Waals surface area (Å²) in [4.78, 5) is 0. The fourth-order valence-electron chi connectivity index (χ4n) is 2.01. The highest BCUT2D eigenvalue weighted by Gasteiger charge is 2.04. The van der Waals surface area contributed by atoms with Crippen LogP contribution in [0.4, 0.5) is 0 Å². The van der Waals surface area contributed by atoms with Crippen molar-refractivity contribution in [2.24, 2.45) is 5.73 Å². The molecule has 3 aromatic rings. The molecule has 0 atom stereocenters. The smallest absolute Gasteiger partial charge is 0.125 e. The monoisotopic (exact) mass is 253 g/mol. The van der Waals surface area contributed by atoms with E-state index in [-0.39, 0.29) is 0 Å². The van der Waals surface area contributed by atoms with Gasteiger partial charge in [-0.25, -0.2) is 0 Å². The predicted molar refractivity (Wildman–Crippen MR) is 73.4 cm³/mol. The topological polar surface area (TPSA) is 57.0 Å². The van der Waals surface area contributed by atoms with E-state index in [1.165, 1.54) is 0 Å². The minimum atomic E-state index is 0.425. The summed E-state index contributed by atoms with van der Waals surface area (Å²) in [5, 5.41) is 4.35. The number of nitrogens with zero attached hydrogens (tertiary/aromatic N) is 2. The lowest BCUT2D eigenvalue weighted by Gasteiger charge is -1.98. The molecule has 4 nitrogen and oxygen atoms in total. The summed E-state index contributed by atoms with van der Waals surface area (Å²) in [5.41, 5.74) is 7.79. The molecular weight excluding hydrogens is 238 g/mol. The van der Waals surface area contributed by atoms with Crippen LogP contribution in [0.25, 0.3) is 11.1 Å². The van der Waals surface area contributed by atoms with E-state index in [1.807, 2.05) is 47.4 Å². The Morgan fingerprint density at radius 1 is 1.00 bits per heavy atom. The fraction of sp³-hybridized carbons (Fsp3) is 0.133. The molecule has 2 heterocycles. The number of aromatic nitrogens is 2. The summed E-state index contributed by atoms with van der Waals surface area (Å²) in [5.74, 6) is 1.66. The van der Waals surface area contributed by atoms with Gasteiger partial charge in [0.05, 0.1) is 19.3 Å². The molecule has 0 unspecified atom stereocenters. The molecule has 0 radical (unpaired) electrons. The highest BCUT2D eigenvalue weighted by molar-refractivity contribution is 5.61. The lowest BCUT2D eigenvalue weighted by atomic mass is 10.1. The maximum atomic E-state index is 5.57. The van der Waals surface area contributed by atoms with Crippen molar-refractivity contribution in [3.8, 4) is 11.1 Å². The van der Waals surface area contributed by atoms with E-state index in [0.717, 1.165) is 22.6 Å². The summed E-state index contributed by atoms with van der Waals surface area (Å²) in [6.07, 6.45) is 3.88. The van der Waals surface area contributed by atoms with Crippen LogP contribution in [0.3, 0.4) is 0 Å². The first-order valence-electron chi connectivity index (χ1n) is 6.20. The average Bonchev–Trinajstić information content (AvgIpc) is 3.09. The molecule has 0 bridgehead atoms. The second-order valence-electron chi connectivity index (χ2n) is 4.36. The summed E-state index contributed by atoms with van der Waals surface area (Å²) in [6, 6.07) is 14.0. The summed E-state index contributed by atoms with van der Waals surface area (Å²) in [6.45, 7) is 1.04. The van der Waals surface area contributed by atoms with Gasteiger partial charge in [0.2, 0.25) is 0 Å². The van der Waals surface area contributed by atoms with Gasteiger partial charge in [0.1, 0.15) is 11.5 Å². The number of hydrogen-bond acceptors (Lipinski definition) is 3. The van der Waals surface area contributed by atoms with E-state index in [9.17, 15) is 0 Å². The zero-order chi connectivity index (χ0) is 13.1. The number of benzene rings is 1. The van der Waals surface area contributed by atoms with E-state index in [4.69, 9.17) is 10.2 Å². The van der Waals surface area contributed by atoms with Crippen LogP contribution in [0.15, 0.2) is 59.3 Å². The molecule has 0 aliphatic rings. The molecule has 19 heavy (non-hydrogen) atoms. The van der Waals surface area contributed by atoms with E-state index in [2.05, 4.69) is 17.2 Å². The van der Waals surface area contributed by atoms with Gasteiger partial charge in [0, 0.05) is 11.8 Å². The molecule has 2 N–H and O–H groups in total. The number of hydrogen-bond donors (Lipinski definition) is 1. The maximum Gasteiger partial charge on any atom is 0.125 e. The zero-order valence-electron chi connectivity index (χ0n) is 10.5. The van der Waals surface area contributed by atoms with E-state index in [0.29, 0.717) is 13.1 Å². The third-order valence-electron chi connectivity index (χ3n) is 2.98. The van der Waals surface area contributed by atoms with Crippen LogP contribution in [0, 0.1) is 0 Å². The Hall–Kier alpha value is -2.33. The normalized spacial score (nSPS) is 10.8. The molecule has 0 aliphatic carbocycles. The Kier molecular flexibility index (Phi) is 3.16. The Bertz CT molecular complexity index is 655. The first-order valence-corrected chi connectivity index (χ1v) is 6.20. The predicted octanol–water partition coefficient (Wildman–Crippen LogP) is 2.65. The van der Waals surface area contributed by atoms with Gasteiger partial charge in [-0.3, -0.25) is 4.68 Å². The van der Waals surface area contributed by atoms with Crippen molar-refractivity contribution in [3.05, 3.63) is 66.4 Å². The van der Waals surface area contributed by atoms with Gasteiger partial charge in [-0.15, -0.1) is 0 Å². The lowest BCUT2D eigenvalue weighted by Crippen LogP contribution is -1.98. The molecular formula is C15H15N3O. The molecule has 3 rings (SSSR count). The summed E-state index contributed by atoms with van der Waals surface area (Å²) < 4.78 is 7.43. The molecule has 0 saturated carbocycles. The number of rotatable bonds is 4. The molecule has 1 aromatic carbocycles. The minimum Gasteiger partial charge on any atom is -0.463 e. The van der Waals surface area contributed by atoms with Crippen molar-refractivity contribution in [1.29, 1.82) is 0 Å². The van der Waals surface area contributed by atoms with Gasteiger partial charge < -0.3 is 10.2 Å². The second kappa shape index (κ2) is 5.12. The second-order valence-corrected chi connectivity index (χ2v) is 4.36. The van der Waals surface area contributed by atoms with Crippen molar-refractivity contribution >= 4 is 0 Å². The van der Waals surface area contributed by atoms with Gasteiger partial charge in [0.25, 0.3) is 0 Å². The molecule has 4 heteroatoms. The quantitative estimate of drug-likeness (QED) is 0.777. The number of furan rings is 1. The van der Waals surface area contributed by atoms with Crippen molar-refractivity contribution in [2.75, 3.05) is 0 Å². The van der Waals surface area contributed by atoms with Crippen molar-refractivity contribution in [3.63, 3.8) is 0 Å². The van der Waals surface area contributed by atoms with Crippen molar-refractivity contribution in [1.82, 2.24) is 9.78 Å². The van der Waals surface area contributed by atoms with Crippen LogP contribution in [-0.2, 0) is 13.1 Å². The number of nitrogens with two attached hydrogens (primary N) is 1. The van der Waals surface area contributed by atoms with E-state index in [1.54, 1.807) is 0 Å². The maximum absolute atomic E-state index is 5.57. The fourth-order valence-corrected chi connectivity index (χ4v) is 2.01. The van der Waals surface area contributed by atoms with Gasteiger partial charge in [-0.1, -0.05) is 30.3 Å². The highest BCUT2D eigenvalue weighted by atomic mass is 16.3. The molecule has 0 spiro atoms. The van der Waals surface area contributed by atoms with Gasteiger partial charge in [-0.2, -0.15) is 5.10 Å². The molecule has 0 fully saturated rings. The molecule has 0 aliphatic heterocycles. The third-order valence-corrected chi connectivity index (χ3v) is 2.98. The minimum absolute atomic E-state index is 0.425. The Morgan fingerprint density at radius 2 is 1.79 bits per heavy atom. The standard InChI is InChI=1S/C15H15N3O/c16-8-14-6-7-15(19-14)11-18-10-13(9-17-18)12-4-2-1-3-5-12/h1-7,9-10H,8,11,16H2. The largest absolute Gasteiger partial charge is 0.463 e. The van der Waals surface area contributed by atoms with Gasteiger partial charge in [0.15, 0.2) is 0 Å². The average molecular weight is 253 g/mol. The Labute approximate surface area is 111 Å². The first kappa shape index (κ1) is 11.7. The third kappa shape index (κ3) is 2.58. The highest BCUT2D eigenvalue weighted by Crippen LogP contribution is 2.18. The molecule has 2 aromatic heterocycles. The van der Waals surface area contributed by atoms with Crippen LogP contribution in [0.1, 0.15) is 11.5 Å². The van der Waals surface area contributed by atoms with E-state index >= 15 is 0 Å². The Morgan fingerprint density at radius 3 is 2.53 bits per heavy atom. The van der Waals surface area contributed by atoms with Crippen LogP contribution < -0.4 is 5.73 Å². The van der Waals surface area contributed by atoms with Crippen LogP contribution in [0.5, 0.6) is 0 Å². The van der Waals surface area contributed by atoms with Crippen molar-refractivity contribution < 1.29 is 4.42 Å². The first-order chi connectivity index (χ1) is 9.35. The molecule has 96 valence electrons. The molecule has 0 amide bonds. The SMILES string of the molecule is NCc1ccc(Cn2cc(-c3ccccc3)cn2)o1. The Balaban J connectivity index is 1.78. The van der Waals surface area contributed by atoms with Crippen LogP contribution in [-0.4, -0.2) is 9.78 Å². The van der Waals surface area contributed by atoms with Crippen LogP contribution >= 0.6 is 0 Å². The van der Waals surface area contributed by atoms with Crippen molar-refractivity contribution in [2.45, 2.75) is 13.1 Å². The zero-order valence-corrected chi connectivity index (χ0v) is 10.5. The van der Waals surface area contributed by atoms with Gasteiger partial charge in [-0.05, 0) is 17.7 Å². The van der Waals surface area contributed by atoms with Gasteiger partial charge >= 0.3 is 0 Å². The summed E-state index contributed by atoms with van der Waals surface area (Å²) >= 11 is 0. The summed E-state index contributed by atoms with van der Waals surface area (Å²) in [7, 11) is 0.